The third-order valence-electron chi connectivity index (χ3n) is 2.50. The first-order chi connectivity index (χ1) is 8.99. The average molecular weight is 407 g/mol. The van der Waals surface area contributed by atoms with Crippen LogP contribution in [0.4, 0.5) is 0 Å². The van der Waals surface area contributed by atoms with Crippen molar-refractivity contribution in [2.45, 2.75) is 13.3 Å². The fourth-order valence-corrected chi connectivity index (χ4v) is 3.14. The monoisotopic (exact) mass is 405 g/mol. The predicted molar refractivity (Wildman–Crippen MR) is 82.9 cm³/mol. The summed E-state index contributed by atoms with van der Waals surface area (Å²) in [4.78, 5) is 15.2. The van der Waals surface area contributed by atoms with Gasteiger partial charge in [-0.25, -0.2) is 4.98 Å². The standard InChI is InChI=1S/C13H10Br2ClNO2/c1-7(18)4-5-19-13-10(15)6-9(14)8-2-3-11(16)17-12(8)13/h2-3,6H,4-5H2,1H3. The molecule has 2 rings (SSSR count). The molecule has 100 valence electrons. The van der Waals surface area contributed by atoms with Gasteiger partial charge in [-0.1, -0.05) is 27.5 Å². The number of halogens is 3. The maximum Gasteiger partial charge on any atom is 0.159 e. The highest BCUT2D eigenvalue weighted by molar-refractivity contribution is 9.11. The molecular weight excluding hydrogens is 397 g/mol. The van der Waals surface area contributed by atoms with Gasteiger partial charge in [0.25, 0.3) is 0 Å². The zero-order valence-electron chi connectivity index (χ0n) is 10.0. The maximum absolute atomic E-state index is 11.0. The normalized spacial score (nSPS) is 10.7. The first-order valence-electron chi connectivity index (χ1n) is 5.55. The van der Waals surface area contributed by atoms with Crippen molar-refractivity contribution in [2.24, 2.45) is 0 Å². The minimum atomic E-state index is 0.0866. The third-order valence-corrected chi connectivity index (χ3v) is 3.96. The van der Waals surface area contributed by atoms with Crippen LogP contribution in [0.5, 0.6) is 5.75 Å². The molecule has 0 saturated carbocycles. The van der Waals surface area contributed by atoms with Crippen LogP contribution in [0.2, 0.25) is 5.15 Å². The lowest BCUT2D eigenvalue weighted by molar-refractivity contribution is -0.117. The Hall–Kier alpha value is -0.650. The first-order valence-corrected chi connectivity index (χ1v) is 7.52. The van der Waals surface area contributed by atoms with Crippen LogP contribution in [0.25, 0.3) is 10.9 Å². The van der Waals surface area contributed by atoms with Gasteiger partial charge in [0, 0.05) is 16.3 Å². The molecule has 3 nitrogen and oxygen atoms in total. The van der Waals surface area contributed by atoms with Crippen LogP contribution in [-0.4, -0.2) is 17.4 Å². The largest absolute Gasteiger partial charge is 0.490 e. The van der Waals surface area contributed by atoms with E-state index < -0.39 is 0 Å². The van der Waals surface area contributed by atoms with Crippen molar-refractivity contribution in [3.8, 4) is 5.75 Å². The molecule has 19 heavy (non-hydrogen) atoms. The quantitative estimate of drug-likeness (QED) is 0.686. The van der Waals surface area contributed by atoms with Crippen molar-refractivity contribution in [2.75, 3.05) is 6.61 Å². The second-order valence-corrected chi connectivity index (χ2v) is 6.10. The molecule has 2 aromatic rings. The predicted octanol–water partition coefficient (Wildman–Crippen LogP) is 4.77. The summed E-state index contributed by atoms with van der Waals surface area (Å²) in [6.45, 7) is 1.85. The molecule has 0 amide bonds. The van der Waals surface area contributed by atoms with E-state index in [4.69, 9.17) is 16.3 Å². The molecule has 0 unspecified atom stereocenters. The van der Waals surface area contributed by atoms with Crippen molar-refractivity contribution in [3.05, 3.63) is 32.3 Å². The van der Waals surface area contributed by atoms with Gasteiger partial charge >= 0.3 is 0 Å². The van der Waals surface area contributed by atoms with Gasteiger partial charge in [0.2, 0.25) is 0 Å². The van der Waals surface area contributed by atoms with Gasteiger partial charge in [0.05, 0.1) is 11.1 Å². The highest BCUT2D eigenvalue weighted by atomic mass is 79.9. The lowest BCUT2D eigenvalue weighted by Crippen LogP contribution is -2.04. The number of hydrogen-bond acceptors (Lipinski definition) is 3. The molecule has 0 bridgehead atoms. The van der Waals surface area contributed by atoms with Gasteiger partial charge in [-0.3, -0.25) is 4.79 Å². The minimum absolute atomic E-state index is 0.0866. The maximum atomic E-state index is 11.0. The number of benzene rings is 1. The third kappa shape index (κ3) is 3.46. The van der Waals surface area contributed by atoms with Crippen molar-refractivity contribution >= 4 is 60.1 Å². The van der Waals surface area contributed by atoms with E-state index in [2.05, 4.69) is 36.8 Å². The fourth-order valence-electron chi connectivity index (χ4n) is 1.60. The molecule has 0 saturated heterocycles. The lowest BCUT2D eigenvalue weighted by atomic mass is 10.2. The SMILES string of the molecule is CC(=O)CCOc1c(Br)cc(Br)c2ccc(Cl)nc12. The lowest BCUT2D eigenvalue weighted by Gasteiger charge is -2.11. The number of nitrogens with zero attached hydrogens (tertiary/aromatic N) is 1. The van der Waals surface area contributed by atoms with Crippen LogP contribution in [0.3, 0.4) is 0 Å². The zero-order valence-corrected chi connectivity index (χ0v) is 14.0. The molecule has 0 aliphatic rings. The second-order valence-electron chi connectivity index (χ2n) is 4.00. The van der Waals surface area contributed by atoms with Gasteiger partial charge < -0.3 is 4.74 Å². The highest BCUT2D eigenvalue weighted by Crippen LogP contribution is 2.38. The molecule has 0 fully saturated rings. The topological polar surface area (TPSA) is 39.2 Å². The van der Waals surface area contributed by atoms with E-state index in [0.717, 1.165) is 14.3 Å². The van der Waals surface area contributed by atoms with Gasteiger partial charge in [-0.05, 0) is 41.1 Å². The molecule has 0 radical (unpaired) electrons. The van der Waals surface area contributed by atoms with Crippen molar-refractivity contribution in [1.29, 1.82) is 0 Å². The number of fused-ring (bicyclic) bond motifs is 1. The minimum Gasteiger partial charge on any atom is -0.490 e. The number of aromatic nitrogens is 1. The molecule has 0 N–H and O–H groups in total. The van der Waals surface area contributed by atoms with Crippen LogP contribution < -0.4 is 4.74 Å². The van der Waals surface area contributed by atoms with E-state index in [1.807, 2.05) is 12.1 Å². The number of ether oxygens (including phenoxy) is 1. The van der Waals surface area contributed by atoms with E-state index >= 15 is 0 Å². The Bertz CT molecular complexity index is 646. The van der Waals surface area contributed by atoms with E-state index in [9.17, 15) is 4.79 Å². The Labute approximate surface area is 132 Å². The van der Waals surface area contributed by atoms with Gasteiger partial charge in [0.15, 0.2) is 5.75 Å². The Balaban J connectivity index is 2.46. The Morgan fingerprint density at radius 3 is 2.79 bits per heavy atom. The molecule has 0 atom stereocenters. The summed E-state index contributed by atoms with van der Waals surface area (Å²) in [7, 11) is 0. The number of hydrogen-bond donors (Lipinski definition) is 0. The summed E-state index contributed by atoms with van der Waals surface area (Å²) in [5.41, 5.74) is 0.664. The van der Waals surface area contributed by atoms with Gasteiger partial charge in [-0.15, -0.1) is 0 Å². The Morgan fingerprint density at radius 2 is 2.11 bits per heavy atom. The first kappa shape index (κ1) is 14.8. The summed E-state index contributed by atoms with van der Waals surface area (Å²) in [6, 6.07) is 5.49. The summed E-state index contributed by atoms with van der Waals surface area (Å²) in [5.74, 6) is 0.686. The summed E-state index contributed by atoms with van der Waals surface area (Å²) >= 11 is 12.8. The van der Waals surface area contributed by atoms with Crippen molar-refractivity contribution in [1.82, 2.24) is 4.98 Å². The number of pyridine rings is 1. The smallest absolute Gasteiger partial charge is 0.159 e. The number of Topliss-reactive ketones (excluding diaryl/α,β-unsaturated/α-hetero) is 1. The van der Waals surface area contributed by atoms with E-state index in [1.54, 1.807) is 6.07 Å². The number of carbonyl (C=O) groups excluding carboxylic acids is 1. The van der Waals surface area contributed by atoms with E-state index in [1.165, 1.54) is 6.92 Å². The number of carbonyl (C=O) groups is 1. The molecule has 0 aliphatic heterocycles. The molecule has 0 spiro atoms. The molecule has 0 aliphatic carbocycles. The highest BCUT2D eigenvalue weighted by Gasteiger charge is 2.13. The zero-order chi connectivity index (χ0) is 14.0. The fraction of sp³-hybridized carbons (Fsp3) is 0.231. The van der Waals surface area contributed by atoms with Crippen LogP contribution in [-0.2, 0) is 4.79 Å². The number of rotatable bonds is 4. The molecule has 6 heteroatoms. The van der Waals surface area contributed by atoms with Crippen LogP contribution in [0.1, 0.15) is 13.3 Å². The van der Waals surface area contributed by atoms with Crippen LogP contribution in [0.15, 0.2) is 27.1 Å². The van der Waals surface area contributed by atoms with Crippen molar-refractivity contribution in [3.63, 3.8) is 0 Å². The molecule has 1 heterocycles. The second kappa shape index (κ2) is 6.20. The molecule has 1 aromatic heterocycles. The molecule has 1 aromatic carbocycles. The van der Waals surface area contributed by atoms with E-state index in [-0.39, 0.29) is 5.78 Å². The van der Waals surface area contributed by atoms with Crippen molar-refractivity contribution < 1.29 is 9.53 Å². The number of ketones is 1. The summed E-state index contributed by atoms with van der Waals surface area (Å²) in [5, 5.41) is 1.30. The molecular formula is C13H10Br2ClNO2. The Morgan fingerprint density at radius 1 is 1.37 bits per heavy atom. The van der Waals surface area contributed by atoms with Gasteiger partial charge in [-0.2, -0.15) is 0 Å². The van der Waals surface area contributed by atoms with Gasteiger partial charge in [0.1, 0.15) is 16.5 Å². The van der Waals surface area contributed by atoms with Crippen LogP contribution in [0, 0.1) is 0 Å². The summed E-state index contributed by atoms with van der Waals surface area (Å²) < 4.78 is 7.33. The summed E-state index contributed by atoms with van der Waals surface area (Å²) in [6.07, 6.45) is 0.366. The Kier molecular flexibility index (Phi) is 4.81. The average Bonchev–Trinajstić information content (AvgIpc) is 2.32. The van der Waals surface area contributed by atoms with Crippen LogP contribution >= 0.6 is 43.5 Å². The van der Waals surface area contributed by atoms with E-state index in [0.29, 0.717) is 29.4 Å².